The van der Waals surface area contributed by atoms with Gasteiger partial charge in [0.25, 0.3) is 5.91 Å². The Balaban J connectivity index is 1.92. The number of nitrogens with zero attached hydrogens (tertiary/aromatic N) is 4. The Bertz CT molecular complexity index is 795. The molecule has 23 heavy (non-hydrogen) atoms. The van der Waals surface area contributed by atoms with Gasteiger partial charge in [0, 0.05) is 25.6 Å². The molecule has 0 saturated heterocycles. The second-order valence-corrected chi connectivity index (χ2v) is 5.26. The number of carbonyl (C=O) groups is 1. The zero-order valence-electron chi connectivity index (χ0n) is 13.0. The number of benzene rings is 1. The highest BCUT2D eigenvalue weighted by atomic mass is 16.2. The smallest absolute Gasteiger partial charge is 0.272 e. The highest BCUT2D eigenvalue weighted by Gasteiger charge is 2.21. The number of carbonyl (C=O) groups excluding carboxylic acids is 1. The first kappa shape index (κ1) is 14.9. The maximum absolute atomic E-state index is 12.5. The van der Waals surface area contributed by atoms with E-state index >= 15 is 0 Å². The van der Waals surface area contributed by atoms with Crippen molar-refractivity contribution in [2.75, 3.05) is 0 Å². The number of rotatable bonds is 4. The van der Waals surface area contributed by atoms with Gasteiger partial charge in [-0.15, -0.1) is 0 Å². The molecular formula is C17H17N5O. The van der Waals surface area contributed by atoms with Crippen LogP contribution in [0.2, 0.25) is 0 Å². The van der Waals surface area contributed by atoms with E-state index in [1.54, 1.807) is 12.4 Å². The second-order valence-electron chi connectivity index (χ2n) is 5.26. The van der Waals surface area contributed by atoms with Crippen molar-refractivity contribution in [1.29, 1.82) is 0 Å². The largest absolute Gasteiger partial charge is 0.337 e. The van der Waals surface area contributed by atoms with Crippen molar-refractivity contribution in [2.24, 2.45) is 7.05 Å². The van der Waals surface area contributed by atoms with Crippen LogP contribution in [0.25, 0.3) is 0 Å². The van der Waals surface area contributed by atoms with Crippen LogP contribution in [0.3, 0.4) is 0 Å². The lowest BCUT2D eigenvalue weighted by molar-refractivity contribution is 0.0935. The van der Waals surface area contributed by atoms with E-state index < -0.39 is 0 Å². The maximum atomic E-state index is 12.5. The predicted molar refractivity (Wildman–Crippen MR) is 85.7 cm³/mol. The first-order valence-corrected chi connectivity index (χ1v) is 7.27. The molecule has 0 fully saturated rings. The minimum absolute atomic E-state index is 0.283. The topological polar surface area (TPSA) is 72.7 Å². The molecule has 0 spiro atoms. The van der Waals surface area contributed by atoms with Gasteiger partial charge < -0.3 is 9.88 Å². The van der Waals surface area contributed by atoms with E-state index in [2.05, 4.69) is 20.3 Å². The van der Waals surface area contributed by atoms with Gasteiger partial charge in [0.15, 0.2) is 0 Å². The van der Waals surface area contributed by atoms with Crippen molar-refractivity contribution in [3.63, 3.8) is 0 Å². The molecule has 6 heteroatoms. The Morgan fingerprint density at radius 1 is 1.13 bits per heavy atom. The van der Waals surface area contributed by atoms with Crippen molar-refractivity contribution in [3.8, 4) is 0 Å². The Labute approximate surface area is 134 Å². The summed E-state index contributed by atoms with van der Waals surface area (Å²) in [7, 11) is 1.90. The number of hydrogen-bond donors (Lipinski definition) is 1. The van der Waals surface area contributed by atoms with Gasteiger partial charge in [0.2, 0.25) is 0 Å². The number of amides is 1. The summed E-state index contributed by atoms with van der Waals surface area (Å²) in [6.07, 6.45) is 6.62. The van der Waals surface area contributed by atoms with Crippen LogP contribution in [0.1, 0.15) is 33.6 Å². The normalized spacial score (nSPS) is 11.9. The quantitative estimate of drug-likeness (QED) is 0.800. The van der Waals surface area contributed by atoms with Gasteiger partial charge in [-0.1, -0.05) is 30.3 Å². The summed E-state index contributed by atoms with van der Waals surface area (Å²) < 4.78 is 1.89. The zero-order chi connectivity index (χ0) is 16.2. The molecule has 1 unspecified atom stereocenters. The first-order valence-electron chi connectivity index (χ1n) is 7.27. The average molecular weight is 307 g/mol. The minimum Gasteiger partial charge on any atom is -0.337 e. The number of hydrogen-bond acceptors (Lipinski definition) is 4. The summed E-state index contributed by atoms with van der Waals surface area (Å²) in [5.41, 5.74) is 2.01. The predicted octanol–water partition coefficient (Wildman–Crippen LogP) is 2.04. The van der Waals surface area contributed by atoms with E-state index in [4.69, 9.17) is 0 Å². The molecule has 0 saturated carbocycles. The van der Waals surface area contributed by atoms with Crippen LogP contribution >= 0.6 is 0 Å². The highest BCUT2D eigenvalue weighted by Crippen LogP contribution is 2.20. The standard InChI is InChI=1S/C17H17N5O/c1-12-10-20-14(11-19-12)17(23)21-15(13-6-4-3-5-7-13)16-18-8-9-22(16)2/h3-11,15H,1-2H3,(H,21,23). The van der Waals surface area contributed by atoms with Gasteiger partial charge in [-0.05, 0) is 12.5 Å². The Hall–Kier alpha value is -3.02. The summed E-state index contributed by atoms with van der Waals surface area (Å²) in [6, 6.07) is 9.37. The fourth-order valence-electron chi connectivity index (χ4n) is 2.31. The molecule has 0 radical (unpaired) electrons. The molecule has 0 aliphatic rings. The molecule has 1 aromatic carbocycles. The molecule has 1 amide bonds. The van der Waals surface area contributed by atoms with E-state index in [-0.39, 0.29) is 17.6 Å². The number of nitrogens with one attached hydrogen (secondary N) is 1. The second kappa shape index (κ2) is 6.39. The lowest BCUT2D eigenvalue weighted by atomic mass is 10.1. The molecule has 3 rings (SSSR count). The first-order chi connectivity index (χ1) is 11.1. The summed E-state index contributed by atoms with van der Waals surface area (Å²) in [4.78, 5) is 25.1. The molecular weight excluding hydrogens is 290 g/mol. The van der Waals surface area contributed by atoms with Crippen LogP contribution in [0, 0.1) is 6.92 Å². The molecule has 2 heterocycles. The third-order valence-electron chi connectivity index (χ3n) is 3.54. The summed E-state index contributed by atoms with van der Waals surface area (Å²) >= 11 is 0. The van der Waals surface area contributed by atoms with E-state index in [1.165, 1.54) is 6.20 Å². The molecule has 0 aliphatic heterocycles. The molecule has 1 atom stereocenters. The average Bonchev–Trinajstić information content (AvgIpc) is 2.99. The van der Waals surface area contributed by atoms with Crippen LogP contribution < -0.4 is 5.32 Å². The lowest BCUT2D eigenvalue weighted by Crippen LogP contribution is -2.31. The third-order valence-corrected chi connectivity index (χ3v) is 3.54. The van der Waals surface area contributed by atoms with Crippen LogP contribution in [-0.4, -0.2) is 25.4 Å². The molecule has 6 nitrogen and oxygen atoms in total. The molecule has 0 aliphatic carbocycles. The van der Waals surface area contributed by atoms with E-state index in [0.29, 0.717) is 0 Å². The monoisotopic (exact) mass is 307 g/mol. The van der Waals surface area contributed by atoms with Gasteiger partial charge in [0.1, 0.15) is 17.6 Å². The van der Waals surface area contributed by atoms with Crippen molar-refractivity contribution < 1.29 is 4.79 Å². The molecule has 3 aromatic rings. The van der Waals surface area contributed by atoms with Gasteiger partial charge in [-0.25, -0.2) is 9.97 Å². The van der Waals surface area contributed by atoms with Crippen LogP contribution in [0.15, 0.2) is 55.1 Å². The minimum atomic E-state index is -0.355. The van der Waals surface area contributed by atoms with Gasteiger partial charge in [-0.3, -0.25) is 9.78 Å². The van der Waals surface area contributed by atoms with Crippen molar-refractivity contribution in [1.82, 2.24) is 24.8 Å². The van der Waals surface area contributed by atoms with Crippen LogP contribution in [0.4, 0.5) is 0 Å². The molecule has 116 valence electrons. The molecule has 0 bridgehead atoms. The molecule has 2 aromatic heterocycles. The summed E-state index contributed by atoms with van der Waals surface area (Å²) in [5.74, 6) is 0.471. The lowest BCUT2D eigenvalue weighted by Gasteiger charge is -2.18. The number of aromatic nitrogens is 4. The fourth-order valence-corrected chi connectivity index (χ4v) is 2.31. The van der Waals surface area contributed by atoms with E-state index in [1.807, 2.05) is 55.1 Å². The number of aryl methyl sites for hydroxylation is 2. The maximum Gasteiger partial charge on any atom is 0.272 e. The zero-order valence-corrected chi connectivity index (χ0v) is 13.0. The van der Waals surface area contributed by atoms with Gasteiger partial charge in [0.05, 0.1) is 11.9 Å². The van der Waals surface area contributed by atoms with E-state index in [9.17, 15) is 4.79 Å². The van der Waals surface area contributed by atoms with Crippen LogP contribution in [-0.2, 0) is 7.05 Å². The number of imidazole rings is 1. The fraction of sp³-hybridized carbons (Fsp3) is 0.176. The highest BCUT2D eigenvalue weighted by molar-refractivity contribution is 5.92. The Kier molecular flexibility index (Phi) is 4.14. The van der Waals surface area contributed by atoms with E-state index in [0.717, 1.165) is 17.1 Å². The van der Waals surface area contributed by atoms with Gasteiger partial charge >= 0.3 is 0 Å². The van der Waals surface area contributed by atoms with Crippen LogP contribution in [0.5, 0.6) is 0 Å². The molecule has 1 N–H and O–H groups in total. The SMILES string of the molecule is Cc1cnc(C(=O)NC(c2ccccc2)c2nccn2C)cn1. The van der Waals surface area contributed by atoms with Crippen molar-refractivity contribution >= 4 is 5.91 Å². The summed E-state index contributed by atoms with van der Waals surface area (Å²) in [6.45, 7) is 1.83. The Morgan fingerprint density at radius 2 is 1.91 bits per heavy atom. The van der Waals surface area contributed by atoms with Crippen molar-refractivity contribution in [3.05, 3.63) is 77.9 Å². The Morgan fingerprint density at radius 3 is 2.52 bits per heavy atom. The van der Waals surface area contributed by atoms with Crippen molar-refractivity contribution in [2.45, 2.75) is 13.0 Å². The summed E-state index contributed by atoms with van der Waals surface area (Å²) in [5, 5.41) is 2.99. The van der Waals surface area contributed by atoms with Gasteiger partial charge in [-0.2, -0.15) is 0 Å². The third kappa shape index (κ3) is 3.26.